The van der Waals surface area contributed by atoms with E-state index in [1.807, 2.05) is 19.1 Å². The van der Waals surface area contributed by atoms with E-state index in [9.17, 15) is 14.7 Å². The summed E-state index contributed by atoms with van der Waals surface area (Å²) in [4.78, 5) is 28.6. The Labute approximate surface area is 222 Å². The van der Waals surface area contributed by atoms with Crippen LogP contribution >= 0.6 is 15.9 Å². The number of nitrogens with zero attached hydrogens (tertiary/aromatic N) is 1. The Morgan fingerprint density at radius 1 is 1.03 bits per heavy atom. The van der Waals surface area contributed by atoms with Crippen LogP contribution in [-0.2, 0) is 4.79 Å². The highest BCUT2D eigenvalue weighted by atomic mass is 79.9. The average Bonchev–Trinajstić information content (AvgIpc) is 3.45. The molecule has 0 saturated heterocycles. The number of amides is 1. The van der Waals surface area contributed by atoms with Crippen molar-refractivity contribution in [2.75, 3.05) is 18.6 Å². The topological polar surface area (TPSA) is 89.2 Å². The molecule has 1 N–H and O–H groups in total. The van der Waals surface area contributed by atoms with Crippen molar-refractivity contribution in [3.05, 3.63) is 99.9 Å². The molecule has 7 nitrogen and oxygen atoms in total. The van der Waals surface area contributed by atoms with Gasteiger partial charge < -0.3 is 19.0 Å². The first-order chi connectivity index (χ1) is 17.9. The van der Waals surface area contributed by atoms with Crippen molar-refractivity contribution in [1.82, 2.24) is 0 Å². The summed E-state index contributed by atoms with van der Waals surface area (Å²) < 4.78 is 17.6. The molecule has 37 heavy (non-hydrogen) atoms. The number of hydrogen-bond acceptors (Lipinski definition) is 6. The quantitative estimate of drug-likeness (QED) is 0.238. The normalized spacial score (nSPS) is 15.5. The zero-order chi connectivity index (χ0) is 26.1. The van der Waals surface area contributed by atoms with Gasteiger partial charge in [-0.05, 0) is 72.6 Å². The maximum Gasteiger partial charge on any atom is 0.294 e. The molecule has 5 rings (SSSR count). The third kappa shape index (κ3) is 4.60. The molecule has 3 aromatic carbocycles. The van der Waals surface area contributed by atoms with Crippen LogP contribution in [0.4, 0.5) is 5.69 Å². The lowest BCUT2D eigenvalue weighted by molar-refractivity contribution is -0.117. The number of furan rings is 1. The van der Waals surface area contributed by atoms with E-state index in [0.717, 1.165) is 16.3 Å². The van der Waals surface area contributed by atoms with E-state index in [4.69, 9.17) is 13.9 Å². The lowest BCUT2D eigenvalue weighted by atomic mass is 9.94. The van der Waals surface area contributed by atoms with Gasteiger partial charge in [-0.2, -0.15) is 0 Å². The fourth-order valence-electron chi connectivity index (χ4n) is 4.39. The lowest BCUT2D eigenvalue weighted by Crippen LogP contribution is -2.31. The maximum atomic E-state index is 13.8. The van der Waals surface area contributed by atoms with Gasteiger partial charge in [0.05, 0.1) is 25.3 Å². The minimum Gasteiger partial charge on any atom is -0.503 e. The van der Waals surface area contributed by atoms with Gasteiger partial charge in [0.1, 0.15) is 17.1 Å². The van der Waals surface area contributed by atoms with Crippen LogP contribution in [0, 0.1) is 0 Å². The number of carbonyl (C=O) groups excluding carboxylic acids is 2. The summed E-state index contributed by atoms with van der Waals surface area (Å²) in [6.07, 6.45) is 0.869. The highest BCUT2D eigenvalue weighted by molar-refractivity contribution is 9.10. The number of ketones is 1. The molecule has 0 spiro atoms. The molecular formula is C29H24BrNO6. The van der Waals surface area contributed by atoms with Gasteiger partial charge in [-0.3, -0.25) is 14.5 Å². The van der Waals surface area contributed by atoms with E-state index in [0.29, 0.717) is 34.9 Å². The number of hydrogen-bond donors (Lipinski definition) is 1. The SMILES string of the molecule is CCCOc1ccc(C2C(C(=O)c3cc4cc(Br)ccc4o3)=C(O)C(=O)N2c2ccc(OC)cc2)cc1. The minimum atomic E-state index is -0.881. The summed E-state index contributed by atoms with van der Waals surface area (Å²) in [6, 6.07) is 20.1. The summed E-state index contributed by atoms with van der Waals surface area (Å²) in [6.45, 7) is 2.60. The first-order valence-corrected chi connectivity index (χ1v) is 12.6. The van der Waals surface area contributed by atoms with E-state index in [1.165, 1.54) is 4.90 Å². The Balaban J connectivity index is 1.60. The average molecular weight is 562 g/mol. The van der Waals surface area contributed by atoms with Crippen LogP contribution in [0.3, 0.4) is 0 Å². The van der Waals surface area contributed by atoms with Crippen LogP contribution in [0.5, 0.6) is 11.5 Å². The van der Waals surface area contributed by atoms with Crippen LogP contribution in [0.25, 0.3) is 11.0 Å². The molecule has 1 aliphatic rings. The number of benzene rings is 3. The van der Waals surface area contributed by atoms with Gasteiger partial charge in [-0.25, -0.2) is 0 Å². The summed E-state index contributed by atoms with van der Waals surface area (Å²) >= 11 is 3.42. The second-order valence-corrected chi connectivity index (χ2v) is 9.49. The molecule has 1 aliphatic heterocycles. The van der Waals surface area contributed by atoms with E-state index in [-0.39, 0.29) is 11.3 Å². The van der Waals surface area contributed by atoms with Crippen LogP contribution in [0.1, 0.15) is 35.5 Å². The van der Waals surface area contributed by atoms with Crippen molar-refractivity contribution in [2.24, 2.45) is 0 Å². The molecular weight excluding hydrogens is 538 g/mol. The van der Waals surface area contributed by atoms with Gasteiger partial charge in [-0.1, -0.05) is 35.0 Å². The van der Waals surface area contributed by atoms with Crippen molar-refractivity contribution in [1.29, 1.82) is 0 Å². The predicted molar refractivity (Wildman–Crippen MR) is 143 cm³/mol. The summed E-state index contributed by atoms with van der Waals surface area (Å²) in [7, 11) is 1.55. The van der Waals surface area contributed by atoms with Crippen LogP contribution in [0.15, 0.2) is 93.0 Å². The zero-order valence-corrected chi connectivity index (χ0v) is 21.8. The van der Waals surface area contributed by atoms with E-state index >= 15 is 0 Å². The van der Waals surface area contributed by atoms with Gasteiger partial charge in [0.15, 0.2) is 11.5 Å². The molecule has 0 fully saturated rings. The molecule has 1 aromatic heterocycles. The van der Waals surface area contributed by atoms with Crippen LogP contribution in [-0.4, -0.2) is 30.5 Å². The number of carbonyl (C=O) groups is 2. The fraction of sp³-hybridized carbons (Fsp3) is 0.172. The second kappa shape index (κ2) is 10.1. The molecule has 188 valence electrons. The van der Waals surface area contributed by atoms with Crippen molar-refractivity contribution in [3.63, 3.8) is 0 Å². The molecule has 4 aromatic rings. The highest BCUT2D eigenvalue weighted by Crippen LogP contribution is 2.43. The zero-order valence-electron chi connectivity index (χ0n) is 20.2. The standard InChI is InChI=1S/C29H24BrNO6/c1-3-14-36-22-9-4-17(5-10-22)26-25(27(32)24-16-18-15-19(30)6-13-23(18)37-24)28(33)29(34)31(26)20-7-11-21(35-2)12-8-20/h4-13,15-16,26,33H,3,14H2,1-2H3. The van der Waals surface area contributed by atoms with Gasteiger partial charge in [0.25, 0.3) is 5.91 Å². The Bertz CT molecular complexity index is 1500. The van der Waals surface area contributed by atoms with Gasteiger partial charge in [0, 0.05) is 15.5 Å². The smallest absolute Gasteiger partial charge is 0.294 e. The van der Waals surface area contributed by atoms with Gasteiger partial charge in [0.2, 0.25) is 5.78 Å². The fourth-order valence-corrected chi connectivity index (χ4v) is 4.77. The van der Waals surface area contributed by atoms with Crippen LogP contribution < -0.4 is 14.4 Å². The molecule has 2 heterocycles. The van der Waals surface area contributed by atoms with E-state index in [2.05, 4.69) is 15.9 Å². The monoisotopic (exact) mass is 561 g/mol. The van der Waals surface area contributed by atoms with Gasteiger partial charge in [-0.15, -0.1) is 0 Å². The molecule has 0 radical (unpaired) electrons. The van der Waals surface area contributed by atoms with Crippen molar-refractivity contribution in [2.45, 2.75) is 19.4 Å². The Hall–Kier alpha value is -4.04. The second-order valence-electron chi connectivity index (χ2n) is 8.58. The Morgan fingerprint density at radius 2 is 1.73 bits per heavy atom. The number of Topliss-reactive ketones (excluding diaryl/α,β-unsaturated/α-hetero) is 1. The first-order valence-electron chi connectivity index (χ1n) is 11.8. The molecule has 1 amide bonds. The molecule has 8 heteroatoms. The van der Waals surface area contributed by atoms with Crippen LogP contribution in [0.2, 0.25) is 0 Å². The predicted octanol–water partition coefficient (Wildman–Crippen LogP) is 6.78. The maximum absolute atomic E-state index is 13.8. The Kier molecular flexibility index (Phi) is 6.76. The number of aliphatic hydroxyl groups excluding tert-OH is 1. The Morgan fingerprint density at radius 3 is 2.41 bits per heavy atom. The number of methoxy groups -OCH3 is 1. The van der Waals surface area contributed by atoms with E-state index < -0.39 is 23.5 Å². The summed E-state index contributed by atoms with van der Waals surface area (Å²) in [5.41, 5.74) is 1.61. The largest absolute Gasteiger partial charge is 0.503 e. The number of halogens is 1. The third-order valence-corrected chi connectivity index (χ3v) is 6.67. The van der Waals surface area contributed by atoms with Gasteiger partial charge >= 0.3 is 0 Å². The lowest BCUT2D eigenvalue weighted by Gasteiger charge is -2.27. The third-order valence-electron chi connectivity index (χ3n) is 6.17. The van der Waals surface area contributed by atoms with Crippen molar-refractivity contribution < 1.29 is 28.6 Å². The molecule has 0 bridgehead atoms. The van der Waals surface area contributed by atoms with E-state index in [1.54, 1.807) is 67.8 Å². The number of anilines is 1. The summed E-state index contributed by atoms with van der Waals surface area (Å²) in [5, 5.41) is 11.7. The highest BCUT2D eigenvalue weighted by Gasteiger charge is 2.45. The first kappa shape index (κ1) is 24.6. The number of fused-ring (bicyclic) bond motifs is 1. The number of rotatable bonds is 8. The molecule has 0 saturated carbocycles. The molecule has 1 unspecified atom stereocenters. The number of aliphatic hydroxyl groups is 1. The minimum absolute atomic E-state index is 0.0342. The molecule has 1 atom stereocenters. The van der Waals surface area contributed by atoms with Crippen molar-refractivity contribution >= 4 is 44.3 Å². The summed E-state index contributed by atoms with van der Waals surface area (Å²) in [5.74, 6) is -0.527. The molecule has 0 aliphatic carbocycles. The number of ether oxygens (including phenoxy) is 2. The van der Waals surface area contributed by atoms with Crippen molar-refractivity contribution in [3.8, 4) is 11.5 Å².